The zero-order chi connectivity index (χ0) is 12.3. The van der Waals surface area contributed by atoms with Crippen molar-refractivity contribution in [3.63, 3.8) is 0 Å². The Morgan fingerprint density at radius 1 is 1.29 bits per heavy atom. The van der Waals surface area contributed by atoms with E-state index in [1.165, 1.54) is 18.3 Å². The van der Waals surface area contributed by atoms with Crippen LogP contribution in [0.5, 0.6) is 11.6 Å². The third kappa shape index (κ3) is 2.58. The first-order valence-corrected chi connectivity index (χ1v) is 4.99. The molecule has 0 amide bonds. The molecular formula is C13H9FN2O. The molecule has 1 aromatic heterocycles. The number of nitriles is 1. The van der Waals surface area contributed by atoms with Gasteiger partial charge in [-0.2, -0.15) is 5.26 Å². The van der Waals surface area contributed by atoms with E-state index in [1.807, 2.05) is 6.07 Å². The molecule has 0 aliphatic rings. The van der Waals surface area contributed by atoms with Crippen LogP contribution in [0.3, 0.4) is 0 Å². The van der Waals surface area contributed by atoms with E-state index in [2.05, 4.69) is 4.98 Å². The average molecular weight is 228 g/mol. The van der Waals surface area contributed by atoms with Crippen LogP contribution in [-0.4, -0.2) is 4.98 Å². The molecule has 17 heavy (non-hydrogen) atoms. The van der Waals surface area contributed by atoms with Crippen LogP contribution in [0, 0.1) is 24.1 Å². The largest absolute Gasteiger partial charge is 0.439 e. The van der Waals surface area contributed by atoms with Crippen LogP contribution < -0.4 is 4.74 Å². The fourth-order valence-corrected chi connectivity index (χ4v) is 1.31. The Kier molecular flexibility index (Phi) is 3.01. The summed E-state index contributed by atoms with van der Waals surface area (Å²) >= 11 is 0. The van der Waals surface area contributed by atoms with Crippen molar-refractivity contribution in [2.75, 3.05) is 0 Å². The molecule has 0 fully saturated rings. The molecule has 1 aromatic carbocycles. The number of benzene rings is 1. The highest BCUT2D eigenvalue weighted by Gasteiger charge is 2.02. The lowest BCUT2D eigenvalue weighted by Gasteiger charge is -2.05. The molecule has 0 radical (unpaired) electrons. The predicted octanol–water partition coefficient (Wildman–Crippen LogP) is 3.19. The minimum absolute atomic E-state index is 0.273. The van der Waals surface area contributed by atoms with E-state index in [-0.39, 0.29) is 5.82 Å². The molecule has 0 aliphatic heterocycles. The Bertz CT molecular complexity index is 573. The minimum Gasteiger partial charge on any atom is -0.439 e. The van der Waals surface area contributed by atoms with Crippen molar-refractivity contribution >= 4 is 0 Å². The molecule has 3 nitrogen and oxygen atoms in total. The summed E-state index contributed by atoms with van der Waals surface area (Å²) in [4.78, 5) is 3.96. The fourth-order valence-electron chi connectivity index (χ4n) is 1.31. The number of aryl methyl sites for hydroxylation is 1. The lowest BCUT2D eigenvalue weighted by Crippen LogP contribution is -1.90. The summed E-state index contributed by atoms with van der Waals surface area (Å²) in [6, 6.07) is 9.64. The smallest absolute Gasteiger partial charge is 0.219 e. The standard InChI is InChI=1S/C13H9FN2O/c1-9-6-11(3-4-12(9)14)17-13-5-2-10(7-15)8-16-13/h2-6,8H,1H3. The number of rotatable bonds is 2. The number of pyridine rings is 1. The third-order valence-corrected chi connectivity index (χ3v) is 2.22. The predicted molar refractivity (Wildman–Crippen MR) is 60.2 cm³/mol. The van der Waals surface area contributed by atoms with Crippen molar-refractivity contribution in [2.45, 2.75) is 6.92 Å². The van der Waals surface area contributed by atoms with Crippen LogP contribution in [0.2, 0.25) is 0 Å². The molecule has 0 aliphatic carbocycles. The lowest BCUT2D eigenvalue weighted by atomic mass is 10.2. The SMILES string of the molecule is Cc1cc(Oc2ccc(C#N)cn2)ccc1F. The molecule has 0 atom stereocenters. The van der Waals surface area contributed by atoms with Gasteiger partial charge in [-0.05, 0) is 36.8 Å². The zero-order valence-corrected chi connectivity index (χ0v) is 9.14. The Balaban J connectivity index is 2.20. The monoisotopic (exact) mass is 228 g/mol. The molecule has 0 saturated heterocycles. The number of halogens is 1. The maximum atomic E-state index is 13.0. The molecule has 84 valence electrons. The van der Waals surface area contributed by atoms with Gasteiger partial charge < -0.3 is 4.74 Å². The Morgan fingerprint density at radius 2 is 2.12 bits per heavy atom. The fraction of sp³-hybridized carbons (Fsp3) is 0.0769. The van der Waals surface area contributed by atoms with E-state index >= 15 is 0 Å². The third-order valence-electron chi connectivity index (χ3n) is 2.22. The summed E-state index contributed by atoms with van der Waals surface area (Å²) in [5, 5.41) is 8.61. The number of hydrogen-bond donors (Lipinski definition) is 0. The second kappa shape index (κ2) is 4.62. The normalized spacial score (nSPS) is 9.71. The van der Waals surface area contributed by atoms with E-state index in [0.29, 0.717) is 22.8 Å². The van der Waals surface area contributed by atoms with Crippen LogP contribution in [0.15, 0.2) is 36.5 Å². The zero-order valence-electron chi connectivity index (χ0n) is 9.14. The number of ether oxygens (including phenoxy) is 1. The lowest BCUT2D eigenvalue weighted by molar-refractivity contribution is 0.460. The summed E-state index contributed by atoms with van der Waals surface area (Å²) in [6.07, 6.45) is 1.42. The summed E-state index contributed by atoms with van der Waals surface area (Å²) in [5.74, 6) is 0.612. The second-order valence-electron chi connectivity index (χ2n) is 3.51. The van der Waals surface area contributed by atoms with Crippen molar-refractivity contribution in [3.05, 3.63) is 53.5 Å². The Labute approximate surface area is 98.1 Å². The summed E-state index contributed by atoms with van der Waals surface area (Å²) in [6.45, 7) is 1.66. The van der Waals surface area contributed by atoms with Gasteiger partial charge in [0.25, 0.3) is 0 Å². The van der Waals surface area contributed by atoms with Gasteiger partial charge in [-0.15, -0.1) is 0 Å². The van der Waals surface area contributed by atoms with Crippen LogP contribution >= 0.6 is 0 Å². The van der Waals surface area contributed by atoms with E-state index < -0.39 is 0 Å². The summed E-state index contributed by atoms with van der Waals surface area (Å²) in [5.41, 5.74) is 0.976. The van der Waals surface area contributed by atoms with E-state index in [0.717, 1.165) is 0 Å². The van der Waals surface area contributed by atoms with Crippen molar-refractivity contribution in [1.29, 1.82) is 5.26 Å². The molecule has 0 N–H and O–H groups in total. The van der Waals surface area contributed by atoms with Crippen molar-refractivity contribution in [1.82, 2.24) is 4.98 Å². The maximum absolute atomic E-state index is 13.0. The summed E-state index contributed by atoms with van der Waals surface area (Å²) in [7, 11) is 0. The van der Waals surface area contributed by atoms with Crippen molar-refractivity contribution < 1.29 is 9.13 Å². The van der Waals surface area contributed by atoms with Crippen molar-refractivity contribution in [2.24, 2.45) is 0 Å². The van der Waals surface area contributed by atoms with E-state index in [1.54, 1.807) is 25.1 Å². The molecular weight excluding hydrogens is 219 g/mol. The first-order chi connectivity index (χ1) is 8.19. The molecule has 0 unspecified atom stereocenters. The number of aromatic nitrogens is 1. The van der Waals surface area contributed by atoms with Gasteiger partial charge in [0.05, 0.1) is 5.56 Å². The highest BCUT2D eigenvalue weighted by Crippen LogP contribution is 2.21. The quantitative estimate of drug-likeness (QED) is 0.792. The van der Waals surface area contributed by atoms with Gasteiger partial charge in [-0.1, -0.05) is 0 Å². The van der Waals surface area contributed by atoms with Gasteiger partial charge in [0, 0.05) is 12.3 Å². The van der Waals surface area contributed by atoms with E-state index in [9.17, 15) is 4.39 Å². The minimum atomic E-state index is -0.273. The van der Waals surface area contributed by atoms with E-state index in [4.69, 9.17) is 10.00 Å². The Hall–Kier alpha value is -2.41. The van der Waals surface area contributed by atoms with Gasteiger partial charge in [0.2, 0.25) is 5.88 Å². The second-order valence-corrected chi connectivity index (χ2v) is 3.51. The highest BCUT2D eigenvalue weighted by atomic mass is 19.1. The van der Waals surface area contributed by atoms with Crippen LogP contribution in [-0.2, 0) is 0 Å². The van der Waals surface area contributed by atoms with Crippen LogP contribution in [0.25, 0.3) is 0 Å². The number of hydrogen-bond acceptors (Lipinski definition) is 3. The highest BCUT2D eigenvalue weighted by molar-refractivity contribution is 5.33. The maximum Gasteiger partial charge on any atom is 0.219 e. The van der Waals surface area contributed by atoms with Crippen molar-refractivity contribution in [3.8, 4) is 17.7 Å². The molecule has 4 heteroatoms. The van der Waals surface area contributed by atoms with Gasteiger partial charge in [0.1, 0.15) is 17.6 Å². The first kappa shape index (κ1) is 11.1. The topological polar surface area (TPSA) is 45.9 Å². The first-order valence-electron chi connectivity index (χ1n) is 4.99. The van der Waals surface area contributed by atoms with Gasteiger partial charge in [0.15, 0.2) is 0 Å². The summed E-state index contributed by atoms with van der Waals surface area (Å²) < 4.78 is 18.5. The Morgan fingerprint density at radius 3 is 2.71 bits per heavy atom. The molecule has 1 heterocycles. The molecule has 2 aromatic rings. The van der Waals surface area contributed by atoms with Crippen LogP contribution in [0.1, 0.15) is 11.1 Å². The van der Waals surface area contributed by atoms with Gasteiger partial charge in [-0.25, -0.2) is 9.37 Å². The number of nitrogens with zero attached hydrogens (tertiary/aromatic N) is 2. The van der Waals surface area contributed by atoms with Gasteiger partial charge in [-0.3, -0.25) is 0 Å². The molecule has 0 saturated carbocycles. The molecule has 0 spiro atoms. The van der Waals surface area contributed by atoms with Crippen LogP contribution in [0.4, 0.5) is 4.39 Å². The average Bonchev–Trinajstić information content (AvgIpc) is 2.35. The molecule has 2 rings (SSSR count). The molecule has 0 bridgehead atoms. The van der Waals surface area contributed by atoms with Gasteiger partial charge >= 0.3 is 0 Å².